The number of carboxylic acid groups (broad SMARTS) is 1. The van der Waals surface area contributed by atoms with Crippen molar-refractivity contribution >= 4 is 44.8 Å². The summed E-state index contributed by atoms with van der Waals surface area (Å²) in [6.45, 7) is -0.506. The minimum absolute atomic E-state index is 0.0102. The van der Waals surface area contributed by atoms with Gasteiger partial charge in [0.1, 0.15) is 23.3 Å². The van der Waals surface area contributed by atoms with Gasteiger partial charge in [-0.3, -0.25) is 14.2 Å². The molecule has 0 radical (unpaired) electrons. The van der Waals surface area contributed by atoms with Crippen LogP contribution in [0.4, 0.5) is 0 Å². The molecule has 0 aliphatic carbocycles. The van der Waals surface area contributed by atoms with Crippen LogP contribution in [0.3, 0.4) is 0 Å². The fraction of sp³-hybridized carbons (Fsp3) is 0.176. The van der Waals surface area contributed by atoms with Crippen molar-refractivity contribution in [1.29, 1.82) is 0 Å². The van der Waals surface area contributed by atoms with Crippen LogP contribution in [0.1, 0.15) is 11.6 Å². The number of hydrogen-bond acceptors (Lipinski definition) is 7. The summed E-state index contributed by atoms with van der Waals surface area (Å²) in [5.41, 5.74) is 8.28. The Labute approximate surface area is 176 Å². The van der Waals surface area contributed by atoms with E-state index in [0.29, 0.717) is 10.7 Å². The topological polar surface area (TPSA) is 120 Å². The van der Waals surface area contributed by atoms with Gasteiger partial charge in [-0.25, -0.2) is 4.98 Å². The average Bonchev–Trinajstić information content (AvgIpc) is 3.19. The maximum absolute atomic E-state index is 12.7. The number of aliphatic carboxylic acids is 1. The second-order valence-electron chi connectivity index (χ2n) is 5.68. The number of nitrogens with two attached hydrogens (primary N) is 1. The van der Waals surface area contributed by atoms with Crippen LogP contribution in [0.15, 0.2) is 44.4 Å². The van der Waals surface area contributed by atoms with Crippen molar-refractivity contribution < 1.29 is 14.6 Å². The second kappa shape index (κ2) is 8.82. The summed E-state index contributed by atoms with van der Waals surface area (Å²) in [5.74, 6) is -1.06. The molecule has 3 rings (SSSR count). The van der Waals surface area contributed by atoms with Crippen molar-refractivity contribution in [2.45, 2.75) is 12.6 Å². The van der Waals surface area contributed by atoms with Crippen molar-refractivity contribution in [2.75, 3.05) is 6.61 Å². The Morgan fingerprint density at radius 3 is 2.71 bits per heavy atom. The lowest BCUT2D eigenvalue weighted by Gasteiger charge is -2.16. The van der Waals surface area contributed by atoms with Gasteiger partial charge in [-0.05, 0) is 33.6 Å². The van der Waals surface area contributed by atoms with E-state index in [1.165, 1.54) is 11.3 Å². The normalized spacial score (nSPS) is 12.0. The van der Waals surface area contributed by atoms with Crippen LogP contribution in [0, 0.1) is 0 Å². The third kappa shape index (κ3) is 4.58. The molecule has 0 aliphatic heterocycles. The predicted octanol–water partition coefficient (Wildman–Crippen LogP) is 2.95. The first-order chi connectivity index (χ1) is 13.4. The first-order valence-electron chi connectivity index (χ1n) is 7.91. The van der Waals surface area contributed by atoms with Gasteiger partial charge in [-0.2, -0.15) is 4.98 Å². The zero-order valence-electron chi connectivity index (χ0n) is 14.2. The van der Waals surface area contributed by atoms with Gasteiger partial charge in [-0.1, -0.05) is 23.7 Å². The minimum Gasteiger partial charge on any atom is -0.480 e. The summed E-state index contributed by atoms with van der Waals surface area (Å²) in [6.07, 6.45) is 0. The molecule has 3 N–H and O–H groups in total. The highest BCUT2D eigenvalue weighted by atomic mass is 79.9. The van der Waals surface area contributed by atoms with Crippen LogP contribution >= 0.6 is 38.9 Å². The number of ether oxygens (including phenoxy) is 1. The molecule has 1 atom stereocenters. The fourth-order valence-corrected chi connectivity index (χ4v) is 3.46. The third-order valence-corrected chi connectivity index (χ3v) is 5.25. The highest BCUT2D eigenvalue weighted by Gasteiger charge is 2.20. The van der Waals surface area contributed by atoms with Crippen molar-refractivity contribution in [3.05, 3.63) is 60.6 Å². The van der Waals surface area contributed by atoms with E-state index in [2.05, 4.69) is 25.9 Å². The zero-order chi connectivity index (χ0) is 20.3. The summed E-state index contributed by atoms with van der Waals surface area (Å²) in [5, 5.41) is 11.4. The molecular weight excluding hydrogens is 472 g/mol. The smallest absolute Gasteiger partial charge is 0.323 e. The Morgan fingerprint density at radius 1 is 1.39 bits per heavy atom. The van der Waals surface area contributed by atoms with Crippen LogP contribution in [0.5, 0.6) is 5.88 Å². The first-order valence-corrected chi connectivity index (χ1v) is 10.0. The molecular formula is C17H14BrClN4O4S. The molecule has 0 bridgehead atoms. The van der Waals surface area contributed by atoms with Crippen molar-refractivity contribution in [3.8, 4) is 17.4 Å². The largest absolute Gasteiger partial charge is 0.480 e. The molecule has 11 heteroatoms. The molecule has 146 valence electrons. The number of rotatable bonds is 7. The molecule has 0 fully saturated rings. The monoisotopic (exact) mass is 484 g/mol. The molecule has 28 heavy (non-hydrogen) atoms. The molecule has 0 saturated carbocycles. The second-order valence-corrected chi connectivity index (χ2v) is 7.63. The molecule has 2 aromatic heterocycles. The van der Waals surface area contributed by atoms with Crippen LogP contribution in [-0.2, 0) is 11.3 Å². The number of halogens is 2. The number of thiazole rings is 1. The average molecular weight is 486 g/mol. The summed E-state index contributed by atoms with van der Waals surface area (Å²) < 4.78 is 6.69. The lowest BCUT2D eigenvalue weighted by molar-refractivity contribution is -0.137. The summed E-state index contributed by atoms with van der Waals surface area (Å²) in [4.78, 5) is 32.2. The standard InChI is InChI=1S/C17H14BrClN4O4S/c18-14-16(27-6-11(20)9-1-3-10(19)4-2-9)22-15(12-7-28-8-21-12)23(17(14)26)5-13(24)25/h1-4,7-8,11H,5-6,20H2,(H,24,25)/t11-/m0/s1. The summed E-state index contributed by atoms with van der Waals surface area (Å²) >= 11 is 10.3. The van der Waals surface area contributed by atoms with Gasteiger partial charge in [0.25, 0.3) is 5.56 Å². The Morgan fingerprint density at radius 2 is 2.11 bits per heavy atom. The van der Waals surface area contributed by atoms with Crippen LogP contribution < -0.4 is 16.0 Å². The van der Waals surface area contributed by atoms with Gasteiger partial charge in [0, 0.05) is 10.4 Å². The SMILES string of the molecule is N[C@@H](COc1nc(-c2cscn2)n(CC(=O)O)c(=O)c1Br)c1ccc(Cl)cc1. The van der Waals surface area contributed by atoms with E-state index in [0.717, 1.165) is 10.1 Å². The third-order valence-electron chi connectivity index (χ3n) is 3.74. The lowest BCUT2D eigenvalue weighted by atomic mass is 10.1. The number of carbonyl (C=O) groups is 1. The van der Waals surface area contributed by atoms with E-state index in [9.17, 15) is 9.59 Å². The maximum Gasteiger partial charge on any atom is 0.323 e. The van der Waals surface area contributed by atoms with E-state index >= 15 is 0 Å². The highest BCUT2D eigenvalue weighted by Crippen LogP contribution is 2.25. The Kier molecular flexibility index (Phi) is 6.45. The number of carboxylic acids is 1. The zero-order valence-corrected chi connectivity index (χ0v) is 17.4. The maximum atomic E-state index is 12.7. The molecule has 3 aromatic rings. The van der Waals surface area contributed by atoms with Crippen molar-refractivity contribution in [3.63, 3.8) is 0 Å². The number of benzene rings is 1. The molecule has 2 heterocycles. The molecule has 0 amide bonds. The van der Waals surface area contributed by atoms with Gasteiger partial charge >= 0.3 is 5.97 Å². The van der Waals surface area contributed by atoms with Gasteiger partial charge < -0.3 is 15.6 Å². The number of hydrogen-bond donors (Lipinski definition) is 2. The van der Waals surface area contributed by atoms with Gasteiger partial charge in [0.15, 0.2) is 5.82 Å². The fourth-order valence-electron chi connectivity index (χ4n) is 2.38. The summed E-state index contributed by atoms with van der Waals surface area (Å²) in [6, 6.07) is 6.53. The number of nitrogens with zero attached hydrogens (tertiary/aromatic N) is 3. The first kappa shape index (κ1) is 20.5. The molecule has 0 saturated heterocycles. The molecule has 0 spiro atoms. The predicted molar refractivity (Wildman–Crippen MR) is 109 cm³/mol. The van der Waals surface area contributed by atoms with Gasteiger partial charge in [-0.15, -0.1) is 11.3 Å². The quantitative estimate of drug-likeness (QED) is 0.528. The number of aromatic nitrogens is 3. The van der Waals surface area contributed by atoms with E-state index in [-0.39, 0.29) is 22.8 Å². The van der Waals surface area contributed by atoms with Crippen LogP contribution in [-0.4, -0.2) is 32.2 Å². The minimum atomic E-state index is -1.18. The molecule has 0 unspecified atom stereocenters. The van der Waals surface area contributed by atoms with Gasteiger partial charge in [0.2, 0.25) is 5.88 Å². The summed E-state index contributed by atoms with van der Waals surface area (Å²) in [7, 11) is 0. The molecule has 1 aromatic carbocycles. The molecule has 8 nitrogen and oxygen atoms in total. The van der Waals surface area contributed by atoms with Crippen LogP contribution in [0.2, 0.25) is 5.02 Å². The Balaban J connectivity index is 1.92. The van der Waals surface area contributed by atoms with Gasteiger partial charge in [0.05, 0.1) is 11.6 Å². The van der Waals surface area contributed by atoms with E-state index < -0.39 is 24.1 Å². The van der Waals surface area contributed by atoms with Crippen molar-refractivity contribution in [2.24, 2.45) is 5.73 Å². The van der Waals surface area contributed by atoms with Crippen molar-refractivity contribution in [1.82, 2.24) is 14.5 Å². The lowest BCUT2D eigenvalue weighted by Crippen LogP contribution is -2.29. The Hall–Kier alpha value is -2.27. The van der Waals surface area contributed by atoms with E-state index in [4.69, 9.17) is 27.2 Å². The van der Waals surface area contributed by atoms with Crippen LogP contribution in [0.25, 0.3) is 11.5 Å². The highest BCUT2D eigenvalue weighted by molar-refractivity contribution is 9.10. The Bertz CT molecular complexity index is 1040. The molecule has 0 aliphatic rings. The van der Waals surface area contributed by atoms with E-state index in [1.807, 2.05) is 0 Å². The van der Waals surface area contributed by atoms with E-state index in [1.54, 1.807) is 35.2 Å².